The van der Waals surface area contributed by atoms with E-state index in [4.69, 9.17) is 9.47 Å². The van der Waals surface area contributed by atoms with E-state index in [-0.39, 0.29) is 0 Å². The molecule has 1 atom stereocenters. The van der Waals surface area contributed by atoms with Gasteiger partial charge in [-0.2, -0.15) is 0 Å². The molecule has 0 spiro atoms. The van der Waals surface area contributed by atoms with E-state index in [1.807, 2.05) is 6.07 Å². The smallest absolute Gasteiger partial charge is 0.121 e. The van der Waals surface area contributed by atoms with Gasteiger partial charge in [0.2, 0.25) is 0 Å². The van der Waals surface area contributed by atoms with Crippen LogP contribution in [0.15, 0.2) is 23.1 Å². The van der Waals surface area contributed by atoms with Crippen molar-refractivity contribution < 1.29 is 9.47 Å². The molecule has 1 aliphatic rings. The first kappa shape index (κ1) is 11.8. The van der Waals surface area contributed by atoms with Gasteiger partial charge in [-0.05, 0) is 30.7 Å². The van der Waals surface area contributed by atoms with Crippen molar-refractivity contribution in [2.24, 2.45) is 0 Å². The van der Waals surface area contributed by atoms with Crippen LogP contribution in [-0.4, -0.2) is 32.2 Å². The number of benzene rings is 1. The Hall–Kier alpha value is -0.710. The Morgan fingerprint density at radius 2 is 2.38 bits per heavy atom. The van der Waals surface area contributed by atoms with E-state index in [0.29, 0.717) is 5.37 Å². The predicted molar refractivity (Wildman–Crippen MR) is 66.2 cm³/mol. The third-order valence-corrected chi connectivity index (χ3v) is 3.65. The van der Waals surface area contributed by atoms with Crippen LogP contribution in [-0.2, 0) is 4.74 Å². The van der Waals surface area contributed by atoms with Gasteiger partial charge in [-0.15, -0.1) is 11.8 Å². The molecule has 1 fully saturated rings. The van der Waals surface area contributed by atoms with Crippen LogP contribution in [0.1, 0.15) is 5.56 Å². The minimum atomic E-state index is 0.363. The van der Waals surface area contributed by atoms with Crippen LogP contribution in [0.3, 0.4) is 0 Å². The second-order valence-corrected chi connectivity index (χ2v) is 5.04. The van der Waals surface area contributed by atoms with E-state index in [2.05, 4.69) is 24.4 Å². The van der Waals surface area contributed by atoms with Gasteiger partial charge in [0.05, 0.1) is 25.7 Å². The highest BCUT2D eigenvalue weighted by Gasteiger charge is 2.14. The fraction of sp³-hybridized carbons (Fsp3) is 0.500. The molecule has 0 aliphatic carbocycles. The minimum Gasteiger partial charge on any atom is -0.496 e. The normalized spacial score (nSPS) is 20.8. The van der Waals surface area contributed by atoms with Crippen molar-refractivity contribution >= 4 is 11.8 Å². The molecule has 3 nitrogen and oxygen atoms in total. The maximum Gasteiger partial charge on any atom is 0.121 e. The number of aryl methyl sites for hydroxylation is 1. The van der Waals surface area contributed by atoms with Crippen molar-refractivity contribution in [1.29, 1.82) is 0 Å². The van der Waals surface area contributed by atoms with Gasteiger partial charge in [0, 0.05) is 11.4 Å². The first-order chi connectivity index (χ1) is 7.79. The minimum absolute atomic E-state index is 0.363. The molecule has 88 valence electrons. The second kappa shape index (κ2) is 5.57. The largest absolute Gasteiger partial charge is 0.496 e. The molecule has 0 saturated carbocycles. The molecular weight excluding hydrogens is 222 g/mol. The monoisotopic (exact) mass is 239 g/mol. The van der Waals surface area contributed by atoms with Crippen LogP contribution in [0.2, 0.25) is 0 Å². The summed E-state index contributed by atoms with van der Waals surface area (Å²) >= 11 is 1.81. The topological polar surface area (TPSA) is 30.5 Å². The highest BCUT2D eigenvalue weighted by molar-refractivity contribution is 8.00. The molecule has 1 heterocycles. The number of methoxy groups -OCH3 is 1. The fourth-order valence-electron chi connectivity index (χ4n) is 1.71. The van der Waals surface area contributed by atoms with Gasteiger partial charge < -0.3 is 14.8 Å². The number of ether oxygens (including phenoxy) is 2. The summed E-state index contributed by atoms with van der Waals surface area (Å²) in [5, 5.41) is 3.78. The third kappa shape index (κ3) is 2.90. The molecule has 1 saturated heterocycles. The Bertz CT molecular complexity index is 351. The average Bonchev–Trinajstić information content (AvgIpc) is 2.31. The van der Waals surface area contributed by atoms with E-state index in [1.54, 1.807) is 18.9 Å². The van der Waals surface area contributed by atoms with Crippen LogP contribution in [0.4, 0.5) is 0 Å². The van der Waals surface area contributed by atoms with Crippen LogP contribution < -0.4 is 10.1 Å². The molecule has 4 heteroatoms. The summed E-state index contributed by atoms with van der Waals surface area (Å²) in [5.41, 5.74) is 1.17. The van der Waals surface area contributed by atoms with Crippen molar-refractivity contribution in [3.05, 3.63) is 23.8 Å². The summed E-state index contributed by atoms with van der Waals surface area (Å²) in [4.78, 5) is 1.25. The van der Waals surface area contributed by atoms with Crippen LogP contribution in [0, 0.1) is 6.92 Å². The fourth-order valence-corrected chi connectivity index (χ4v) is 2.79. The summed E-state index contributed by atoms with van der Waals surface area (Å²) in [7, 11) is 1.70. The van der Waals surface area contributed by atoms with Gasteiger partial charge in [-0.25, -0.2) is 0 Å². The average molecular weight is 239 g/mol. The predicted octanol–water partition coefficient (Wildman–Crippen LogP) is 2.04. The summed E-state index contributed by atoms with van der Waals surface area (Å²) in [5.74, 6) is 0.942. The standard InChI is InChI=1S/C12H17NO2S/c1-9-7-10(3-4-11(9)14-2)16-12-8-15-6-5-13-12/h3-4,7,12-13H,5-6,8H2,1-2H3. The van der Waals surface area contributed by atoms with Gasteiger partial charge in [-0.3, -0.25) is 0 Å². The van der Waals surface area contributed by atoms with Crippen molar-refractivity contribution in [3.8, 4) is 5.75 Å². The SMILES string of the molecule is COc1ccc(SC2COCCN2)cc1C. The maximum absolute atomic E-state index is 5.42. The molecule has 1 unspecified atom stereocenters. The zero-order valence-corrected chi connectivity index (χ0v) is 10.5. The summed E-state index contributed by atoms with van der Waals surface area (Å²) in [6.45, 7) is 4.59. The molecule has 1 aromatic carbocycles. The summed E-state index contributed by atoms with van der Waals surface area (Å²) < 4.78 is 10.7. The van der Waals surface area contributed by atoms with Crippen molar-refractivity contribution in [2.45, 2.75) is 17.2 Å². The molecular formula is C12H17NO2S. The lowest BCUT2D eigenvalue weighted by molar-refractivity contribution is 0.100. The Kier molecular flexibility index (Phi) is 4.09. The first-order valence-corrected chi connectivity index (χ1v) is 6.30. The van der Waals surface area contributed by atoms with Gasteiger partial charge in [0.1, 0.15) is 5.75 Å². The Morgan fingerprint density at radius 1 is 1.50 bits per heavy atom. The van der Waals surface area contributed by atoms with Gasteiger partial charge >= 0.3 is 0 Å². The first-order valence-electron chi connectivity index (χ1n) is 5.42. The van der Waals surface area contributed by atoms with E-state index in [1.165, 1.54) is 10.5 Å². The number of morpholine rings is 1. The zero-order chi connectivity index (χ0) is 11.4. The Morgan fingerprint density at radius 3 is 3.00 bits per heavy atom. The number of nitrogens with one attached hydrogen (secondary N) is 1. The molecule has 16 heavy (non-hydrogen) atoms. The van der Waals surface area contributed by atoms with Crippen LogP contribution in [0.5, 0.6) is 5.75 Å². The molecule has 0 bridgehead atoms. The van der Waals surface area contributed by atoms with E-state index in [9.17, 15) is 0 Å². The van der Waals surface area contributed by atoms with Gasteiger partial charge in [-0.1, -0.05) is 0 Å². The van der Waals surface area contributed by atoms with Crippen molar-refractivity contribution in [3.63, 3.8) is 0 Å². The third-order valence-electron chi connectivity index (χ3n) is 2.53. The zero-order valence-electron chi connectivity index (χ0n) is 9.66. The molecule has 2 rings (SSSR count). The van der Waals surface area contributed by atoms with Crippen molar-refractivity contribution in [2.75, 3.05) is 26.9 Å². The lowest BCUT2D eigenvalue weighted by atomic mass is 10.2. The van der Waals surface area contributed by atoms with Crippen LogP contribution >= 0.6 is 11.8 Å². The molecule has 1 aromatic rings. The molecule has 0 amide bonds. The quantitative estimate of drug-likeness (QED) is 0.874. The van der Waals surface area contributed by atoms with Gasteiger partial charge in [0.15, 0.2) is 0 Å². The summed E-state index contributed by atoms with van der Waals surface area (Å²) in [6, 6.07) is 6.26. The Balaban J connectivity index is 2.01. The highest BCUT2D eigenvalue weighted by atomic mass is 32.2. The summed E-state index contributed by atoms with van der Waals surface area (Å²) in [6.07, 6.45) is 0. The highest BCUT2D eigenvalue weighted by Crippen LogP contribution is 2.28. The molecule has 1 aliphatic heterocycles. The van der Waals surface area contributed by atoms with E-state index >= 15 is 0 Å². The molecule has 0 radical (unpaired) electrons. The van der Waals surface area contributed by atoms with Gasteiger partial charge in [0.25, 0.3) is 0 Å². The van der Waals surface area contributed by atoms with Crippen LogP contribution in [0.25, 0.3) is 0 Å². The molecule has 1 N–H and O–H groups in total. The number of hydrogen-bond donors (Lipinski definition) is 1. The second-order valence-electron chi connectivity index (χ2n) is 3.77. The number of hydrogen-bond acceptors (Lipinski definition) is 4. The van der Waals surface area contributed by atoms with E-state index in [0.717, 1.165) is 25.5 Å². The molecule has 0 aromatic heterocycles. The van der Waals surface area contributed by atoms with Crippen molar-refractivity contribution in [1.82, 2.24) is 5.32 Å². The van der Waals surface area contributed by atoms with E-state index < -0.39 is 0 Å². The lowest BCUT2D eigenvalue weighted by Gasteiger charge is -2.23. The maximum atomic E-state index is 5.42. The Labute approximate surface area is 101 Å². The lowest BCUT2D eigenvalue weighted by Crippen LogP contribution is -2.38. The number of thioether (sulfide) groups is 1. The number of rotatable bonds is 3.